The van der Waals surface area contributed by atoms with Crippen LogP contribution in [0.4, 0.5) is 5.82 Å². The lowest BCUT2D eigenvalue weighted by molar-refractivity contribution is 0.0528. The second kappa shape index (κ2) is 11.2. The van der Waals surface area contributed by atoms with Crippen molar-refractivity contribution in [3.05, 3.63) is 82.5 Å². The zero-order valence-corrected chi connectivity index (χ0v) is 20.6. The van der Waals surface area contributed by atoms with Gasteiger partial charge in [-0.15, -0.1) is 0 Å². The zero-order valence-electron chi connectivity index (χ0n) is 20.6. The van der Waals surface area contributed by atoms with E-state index in [1.165, 1.54) is 7.11 Å². The lowest BCUT2D eigenvalue weighted by Gasteiger charge is -2.23. The van der Waals surface area contributed by atoms with Crippen molar-refractivity contribution in [3.8, 4) is 11.1 Å². The molecule has 1 heterocycles. The van der Waals surface area contributed by atoms with E-state index in [2.05, 4.69) is 5.32 Å². The van der Waals surface area contributed by atoms with Crippen LogP contribution in [0.15, 0.2) is 54.6 Å². The molecular formula is C29H32N2O4. The van der Waals surface area contributed by atoms with Gasteiger partial charge in [-0.25, -0.2) is 14.6 Å². The number of benzene rings is 2. The predicted molar refractivity (Wildman–Crippen MR) is 137 cm³/mol. The molecule has 1 aromatic heterocycles. The van der Waals surface area contributed by atoms with Crippen molar-refractivity contribution in [3.63, 3.8) is 0 Å². The molecule has 4 rings (SSSR count). The Kier molecular flexibility index (Phi) is 7.80. The third-order valence-corrected chi connectivity index (χ3v) is 6.48. The SMILES string of the molecule is CCOC(=O)c1c(NCc2ccccc2)nc(C2CCCC2)c(C(=O)OC)c1-c1ccc(C)cc1. The number of carbonyl (C=O) groups excluding carboxylic acids is 2. The third-order valence-electron chi connectivity index (χ3n) is 6.48. The maximum Gasteiger partial charge on any atom is 0.342 e. The van der Waals surface area contributed by atoms with E-state index in [-0.39, 0.29) is 18.1 Å². The summed E-state index contributed by atoms with van der Waals surface area (Å²) in [5, 5.41) is 3.37. The number of hydrogen-bond donors (Lipinski definition) is 1. The van der Waals surface area contributed by atoms with E-state index >= 15 is 0 Å². The van der Waals surface area contributed by atoms with Crippen molar-refractivity contribution in [2.45, 2.75) is 52.0 Å². The van der Waals surface area contributed by atoms with Gasteiger partial charge in [-0.3, -0.25) is 0 Å². The highest BCUT2D eigenvalue weighted by molar-refractivity contribution is 6.09. The number of ether oxygens (including phenoxy) is 2. The number of anilines is 1. The molecule has 1 fully saturated rings. The summed E-state index contributed by atoms with van der Waals surface area (Å²) < 4.78 is 10.7. The Morgan fingerprint density at radius 1 is 0.971 bits per heavy atom. The van der Waals surface area contributed by atoms with E-state index in [0.717, 1.165) is 42.4 Å². The van der Waals surface area contributed by atoms with Crippen LogP contribution in [0.5, 0.6) is 0 Å². The van der Waals surface area contributed by atoms with Gasteiger partial charge in [0, 0.05) is 18.0 Å². The Morgan fingerprint density at radius 3 is 2.29 bits per heavy atom. The second-order valence-electron chi connectivity index (χ2n) is 8.87. The van der Waals surface area contributed by atoms with Gasteiger partial charge in [0.2, 0.25) is 0 Å². The van der Waals surface area contributed by atoms with Gasteiger partial charge in [-0.1, -0.05) is 73.0 Å². The second-order valence-corrected chi connectivity index (χ2v) is 8.87. The lowest BCUT2D eigenvalue weighted by atomic mass is 9.88. The molecule has 1 aliphatic rings. The number of nitrogens with zero attached hydrogens (tertiary/aromatic N) is 1. The third kappa shape index (κ3) is 5.37. The fraction of sp³-hybridized carbons (Fsp3) is 0.345. The van der Waals surface area contributed by atoms with E-state index in [1.54, 1.807) is 6.92 Å². The number of aromatic nitrogens is 1. The molecule has 0 bridgehead atoms. The van der Waals surface area contributed by atoms with Gasteiger partial charge in [-0.05, 0) is 37.8 Å². The average Bonchev–Trinajstić information content (AvgIpc) is 3.42. The number of methoxy groups -OCH3 is 1. The zero-order chi connectivity index (χ0) is 24.8. The molecule has 6 heteroatoms. The predicted octanol–water partition coefficient (Wildman–Crippen LogP) is 6.29. The molecule has 2 aromatic carbocycles. The highest BCUT2D eigenvalue weighted by Gasteiger charge is 2.33. The molecule has 1 N–H and O–H groups in total. The molecule has 0 aliphatic heterocycles. The number of carbonyl (C=O) groups is 2. The smallest absolute Gasteiger partial charge is 0.342 e. The molecular weight excluding hydrogens is 440 g/mol. The monoisotopic (exact) mass is 472 g/mol. The van der Waals surface area contributed by atoms with Gasteiger partial charge in [-0.2, -0.15) is 0 Å². The van der Waals surface area contributed by atoms with E-state index in [0.29, 0.717) is 29.2 Å². The number of nitrogens with one attached hydrogen (secondary N) is 1. The van der Waals surface area contributed by atoms with Crippen molar-refractivity contribution < 1.29 is 19.1 Å². The van der Waals surface area contributed by atoms with Crippen LogP contribution >= 0.6 is 0 Å². The summed E-state index contributed by atoms with van der Waals surface area (Å²) in [5.74, 6) is -0.455. The number of rotatable bonds is 8. The normalized spacial score (nSPS) is 13.5. The van der Waals surface area contributed by atoms with Crippen molar-refractivity contribution in [2.75, 3.05) is 19.0 Å². The van der Waals surface area contributed by atoms with Gasteiger partial charge in [0.15, 0.2) is 0 Å². The van der Waals surface area contributed by atoms with Crippen molar-refractivity contribution in [1.82, 2.24) is 4.98 Å². The van der Waals surface area contributed by atoms with Gasteiger partial charge in [0.25, 0.3) is 0 Å². The van der Waals surface area contributed by atoms with Crippen LogP contribution in [0.3, 0.4) is 0 Å². The molecule has 0 amide bonds. The van der Waals surface area contributed by atoms with Crippen LogP contribution < -0.4 is 5.32 Å². The van der Waals surface area contributed by atoms with E-state index in [9.17, 15) is 9.59 Å². The highest BCUT2D eigenvalue weighted by atomic mass is 16.5. The van der Waals surface area contributed by atoms with Crippen molar-refractivity contribution in [2.24, 2.45) is 0 Å². The summed E-state index contributed by atoms with van der Waals surface area (Å²) >= 11 is 0. The van der Waals surface area contributed by atoms with Gasteiger partial charge in [0.05, 0.1) is 25.0 Å². The number of pyridine rings is 1. The first kappa shape index (κ1) is 24.5. The molecule has 3 aromatic rings. The highest BCUT2D eigenvalue weighted by Crippen LogP contribution is 2.42. The molecule has 182 valence electrons. The molecule has 35 heavy (non-hydrogen) atoms. The average molecular weight is 473 g/mol. The first-order chi connectivity index (χ1) is 17.0. The molecule has 0 spiro atoms. The number of esters is 2. The standard InChI is InChI=1S/C29H32N2O4/c1-4-35-29(33)25-23(21-16-14-19(2)15-17-21)24(28(32)34-3)26(22-12-8-9-13-22)31-27(25)30-18-20-10-6-5-7-11-20/h5-7,10-11,14-17,22H,4,8-9,12-13,18H2,1-3H3,(H,30,31). The minimum absolute atomic E-state index is 0.127. The van der Waals surface area contributed by atoms with E-state index in [1.807, 2.05) is 61.5 Å². The summed E-state index contributed by atoms with van der Waals surface area (Å²) in [6.07, 6.45) is 4.06. The fourth-order valence-electron chi connectivity index (χ4n) is 4.73. The summed E-state index contributed by atoms with van der Waals surface area (Å²) in [5.41, 5.74) is 4.71. The summed E-state index contributed by atoms with van der Waals surface area (Å²) in [4.78, 5) is 31.6. The Balaban J connectivity index is 1.98. The Bertz CT molecular complexity index is 1180. The van der Waals surface area contributed by atoms with Crippen LogP contribution in [-0.2, 0) is 16.0 Å². The Morgan fingerprint density at radius 2 is 1.66 bits per heavy atom. The maximum atomic E-state index is 13.4. The van der Waals surface area contributed by atoms with Crippen LogP contribution in [0, 0.1) is 6.92 Å². The number of hydrogen-bond acceptors (Lipinski definition) is 6. The fourth-order valence-corrected chi connectivity index (χ4v) is 4.73. The van der Waals surface area contributed by atoms with Crippen LogP contribution in [0.25, 0.3) is 11.1 Å². The van der Waals surface area contributed by atoms with Crippen LogP contribution in [0.2, 0.25) is 0 Å². The summed E-state index contributed by atoms with van der Waals surface area (Å²) in [7, 11) is 1.37. The van der Waals surface area contributed by atoms with Crippen LogP contribution in [-0.4, -0.2) is 30.6 Å². The first-order valence-corrected chi connectivity index (χ1v) is 12.2. The molecule has 0 unspecified atom stereocenters. The molecule has 0 atom stereocenters. The topological polar surface area (TPSA) is 77.5 Å². The quantitative estimate of drug-likeness (QED) is 0.388. The van der Waals surface area contributed by atoms with Gasteiger partial charge >= 0.3 is 11.9 Å². The maximum absolute atomic E-state index is 13.4. The summed E-state index contributed by atoms with van der Waals surface area (Å²) in [6.45, 7) is 4.46. The molecule has 0 saturated heterocycles. The molecule has 1 aliphatic carbocycles. The van der Waals surface area contributed by atoms with Crippen molar-refractivity contribution >= 4 is 17.8 Å². The minimum Gasteiger partial charge on any atom is -0.465 e. The van der Waals surface area contributed by atoms with Crippen LogP contribution in [0.1, 0.15) is 76.1 Å². The number of aryl methyl sites for hydroxylation is 1. The van der Waals surface area contributed by atoms with Crippen molar-refractivity contribution in [1.29, 1.82) is 0 Å². The molecule has 0 radical (unpaired) electrons. The lowest BCUT2D eigenvalue weighted by Crippen LogP contribution is -2.20. The largest absolute Gasteiger partial charge is 0.465 e. The Labute approximate surface area is 206 Å². The van der Waals surface area contributed by atoms with E-state index < -0.39 is 11.9 Å². The molecule has 1 saturated carbocycles. The van der Waals surface area contributed by atoms with Gasteiger partial charge in [0.1, 0.15) is 11.4 Å². The first-order valence-electron chi connectivity index (χ1n) is 12.2. The summed E-state index contributed by atoms with van der Waals surface area (Å²) in [6, 6.07) is 17.7. The molecule has 6 nitrogen and oxygen atoms in total. The van der Waals surface area contributed by atoms with Gasteiger partial charge < -0.3 is 14.8 Å². The van der Waals surface area contributed by atoms with E-state index in [4.69, 9.17) is 14.5 Å². The Hall–Kier alpha value is -3.67. The minimum atomic E-state index is -0.519.